The highest BCUT2D eigenvalue weighted by Crippen LogP contribution is 2.23. The largest absolute Gasteiger partial charge is 0.481 e. The molecule has 0 radical (unpaired) electrons. The summed E-state index contributed by atoms with van der Waals surface area (Å²) in [5.74, 6) is 5.24. The van der Waals surface area contributed by atoms with E-state index in [9.17, 15) is 4.79 Å². The fourth-order valence-electron chi connectivity index (χ4n) is 1.46. The van der Waals surface area contributed by atoms with Crippen LogP contribution in [0.15, 0.2) is 11.2 Å². The molecule has 0 saturated heterocycles. The minimum atomic E-state index is -0.938. The second-order valence-electron chi connectivity index (χ2n) is 3.84. The summed E-state index contributed by atoms with van der Waals surface area (Å²) in [5, 5.41) is 24.7. The van der Waals surface area contributed by atoms with Gasteiger partial charge in [-0.15, -0.1) is 10.2 Å². The van der Waals surface area contributed by atoms with E-state index in [4.69, 9.17) is 10.9 Å². The molecule has 9 heteroatoms. The predicted octanol–water partition coefficient (Wildman–Crippen LogP) is 0.242. The van der Waals surface area contributed by atoms with Gasteiger partial charge in [0.1, 0.15) is 0 Å². The van der Waals surface area contributed by atoms with Crippen molar-refractivity contribution in [3.8, 4) is 11.4 Å². The van der Waals surface area contributed by atoms with Gasteiger partial charge in [0.05, 0.1) is 17.1 Å². The molecule has 0 amide bonds. The molecular weight excluding hydrogens is 268 g/mol. The van der Waals surface area contributed by atoms with E-state index in [0.717, 1.165) is 23.0 Å². The first kappa shape index (κ1) is 13.3. The Labute approximate surface area is 113 Å². The zero-order chi connectivity index (χ0) is 14.0. The van der Waals surface area contributed by atoms with E-state index in [1.165, 1.54) is 4.68 Å². The van der Waals surface area contributed by atoms with E-state index < -0.39 is 5.97 Å². The van der Waals surface area contributed by atoms with Crippen LogP contribution < -0.4 is 5.84 Å². The maximum atomic E-state index is 10.5. The number of carboxylic acids is 1. The summed E-state index contributed by atoms with van der Waals surface area (Å²) >= 11 is 1.01. The third-order valence-corrected chi connectivity index (χ3v) is 3.26. The van der Waals surface area contributed by atoms with Gasteiger partial charge in [-0.2, -0.15) is 10.2 Å². The summed E-state index contributed by atoms with van der Waals surface area (Å²) in [4.78, 5) is 10.5. The Morgan fingerprint density at radius 2 is 2.11 bits per heavy atom. The number of aromatic nitrogens is 5. The summed E-state index contributed by atoms with van der Waals surface area (Å²) in [6.45, 7) is 3.60. The molecule has 2 aromatic rings. The van der Waals surface area contributed by atoms with Gasteiger partial charge in [-0.3, -0.25) is 4.79 Å². The molecule has 19 heavy (non-hydrogen) atoms. The monoisotopic (exact) mass is 280 g/mol. The standard InChI is InChI=1S/C10H12N6O2S/c1-5-3-7(6(2)13-12-5)9-14-15-10(16(9)11)19-4-8(17)18/h3H,4,11H2,1-2H3,(H,17,18). The molecule has 0 aliphatic carbocycles. The van der Waals surface area contributed by atoms with Crippen molar-refractivity contribution in [2.75, 3.05) is 11.6 Å². The lowest BCUT2D eigenvalue weighted by Gasteiger charge is -2.05. The number of carboxylic acid groups (broad SMARTS) is 1. The lowest BCUT2D eigenvalue weighted by atomic mass is 10.2. The maximum absolute atomic E-state index is 10.5. The number of nitrogen functional groups attached to an aromatic ring is 1. The molecule has 2 rings (SSSR count). The highest BCUT2D eigenvalue weighted by molar-refractivity contribution is 7.99. The Morgan fingerprint density at radius 3 is 2.79 bits per heavy atom. The van der Waals surface area contributed by atoms with Crippen molar-refractivity contribution >= 4 is 17.7 Å². The molecule has 2 aromatic heterocycles. The van der Waals surface area contributed by atoms with E-state index >= 15 is 0 Å². The van der Waals surface area contributed by atoms with Crippen molar-refractivity contribution in [1.29, 1.82) is 0 Å². The second kappa shape index (κ2) is 5.22. The molecule has 100 valence electrons. The number of hydrogen-bond acceptors (Lipinski definition) is 7. The van der Waals surface area contributed by atoms with Crippen molar-refractivity contribution < 1.29 is 9.90 Å². The molecular formula is C10H12N6O2S. The van der Waals surface area contributed by atoms with Crippen LogP contribution in [-0.2, 0) is 4.79 Å². The maximum Gasteiger partial charge on any atom is 0.313 e. The fourth-order valence-corrected chi connectivity index (χ4v) is 2.04. The van der Waals surface area contributed by atoms with Gasteiger partial charge in [-0.25, -0.2) is 4.68 Å². The molecule has 2 heterocycles. The fraction of sp³-hybridized carbons (Fsp3) is 0.300. The number of thioether (sulfide) groups is 1. The Kier molecular flexibility index (Phi) is 3.65. The zero-order valence-electron chi connectivity index (χ0n) is 10.4. The van der Waals surface area contributed by atoms with Crippen LogP contribution in [0.3, 0.4) is 0 Å². The predicted molar refractivity (Wildman–Crippen MR) is 69.0 cm³/mol. The van der Waals surface area contributed by atoms with Crippen molar-refractivity contribution in [3.05, 3.63) is 17.5 Å². The van der Waals surface area contributed by atoms with Crippen molar-refractivity contribution in [3.63, 3.8) is 0 Å². The summed E-state index contributed by atoms with van der Waals surface area (Å²) < 4.78 is 1.26. The minimum absolute atomic E-state index is 0.123. The molecule has 0 aliphatic heterocycles. The number of aryl methyl sites for hydroxylation is 2. The Hall–Kier alpha value is -2.16. The van der Waals surface area contributed by atoms with E-state index in [2.05, 4.69) is 20.4 Å². The van der Waals surface area contributed by atoms with Gasteiger partial charge in [0.25, 0.3) is 0 Å². The molecule has 0 aromatic carbocycles. The van der Waals surface area contributed by atoms with Gasteiger partial charge >= 0.3 is 5.97 Å². The van der Waals surface area contributed by atoms with Crippen molar-refractivity contribution in [1.82, 2.24) is 25.1 Å². The number of aliphatic carboxylic acids is 1. The minimum Gasteiger partial charge on any atom is -0.481 e. The third kappa shape index (κ3) is 2.81. The summed E-state index contributed by atoms with van der Waals surface area (Å²) in [6, 6.07) is 1.81. The smallest absolute Gasteiger partial charge is 0.313 e. The van der Waals surface area contributed by atoms with Crippen LogP contribution in [0.5, 0.6) is 0 Å². The lowest BCUT2D eigenvalue weighted by Crippen LogP contribution is -2.13. The van der Waals surface area contributed by atoms with E-state index in [1.54, 1.807) is 13.0 Å². The quantitative estimate of drug-likeness (QED) is 0.603. The average Bonchev–Trinajstić information content (AvgIpc) is 2.71. The van der Waals surface area contributed by atoms with Crippen LogP contribution in [-0.4, -0.2) is 41.9 Å². The SMILES string of the molecule is Cc1cc(-c2nnc(SCC(=O)O)n2N)c(C)nn1. The Balaban J connectivity index is 2.36. The average molecular weight is 280 g/mol. The van der Waals surface area contributed by atoms with Gasteiger partial charge in [0.15, 0.2) is 5.82 Å². The summed E-state index contributed by atoms with van der Waals surface area (Å²) in [5.41, 5.74) is 2.15. The van der Waals surface area contributed by atoms with Crippen molar-refractivity contribution in [2.45, 2.75) is 19.0 Å². The molecule has 0 aliphatic rings. The molecule has 0 spiro atoms. The molecule has 0 saturated carbocycles. The van der Waals surface area contributed by atoms with Crippen LogP contribution in [0.2, 0.25) is 0 Å². The van der Waals surface area contributed by atoms with Crippen LogP contribution >= 0.6 is 11.8 Å². The van der Waals surface area contributed by atoms with Crippen LogP contribution in [0.25, 0.3) is 11.4 Å². The Bertz CT molecular complexity index is 626. The van der Waals surface area contributed by atoms with Gasteiger partial charge < -0.3 is 10.9 Å². The molecule has 3 N–H and O–H groups in total. The summed E-state index contributed by atoms with van der Waals surface area (Å²) in [7, 11) is 0. The number of rotatable bonds is 4. The van der Waals surface area contributed by atoms with Gasteiger partial charge in [0, 0.05) is 5.56 Å². The van der Waals surface area contributed by atoms with Crippen LogP contribution in [0.1, 0.15) is 11.4 Å². The van der Waals surface area contributed by atoms with Crippen molar-refractivity contribution in [2.24, 2.45) is 0 Å². The van der Waals surface area contributed by atoms with Gasteiger partial charge in [0.2, 0.25) is 5.16 Å². The van der Waals surface area contributed by atoms with Crippen LogP contribution in [0.4, 0.5) is 0 Å². The van der Waals surface area contributed by atoms with Gasteiger partial charge in [-0.05, 0) is 19.9 Å². The third-order valence-electron chi connectivity index (χ3n) is 2.33. The number of nitrogens with two attached hydrogens (primary N) is 1. The second-order valence-corrected chi connectivity index (χ2v) is 4.79. The first-order valence-corrected chi connectivity index (χ1v) is 6.34. The molecule has 0 atom stereocenters. The van der Waals surface area contributed by atoms with E-state index in [1.807, 2.05) is 6.92 Å². The molecule has 8 nitrogen and oxygen atoms in total. The normalized spacial score (nSPS) is 10.6. The van der Waals surface area contributed by atoms with E-state index in [0.29, 0.717) is 16.7 Å². The van der Waals surface area contributed by atoms with Crippen LogP contribution in [0, 0.1) is 13.8 Å². The summed E-state index contributed by atoms with van der Waals surface area (Å²) in [6.07, 6.45) is 0. The topological polar surface area (TPSA) is 120 Å². The first-order valence-electron chi connectivity index (χ1n) is 5.35. The van der Waals surface area contributed by atoms with Gasteiger partial charge in [-0.1, -0.05) is 11.8 Å². The highest BCUT2D eigenvalue weighted by atomic mass is 32.2. The molecule has 0 unspecified atom stereocenters. The zero-order valence-corrected chi connectivity index (χ0v) is 11.2. The highest BCUT2D eigenvalue weighted by Gasteiger charge is 2.16. The number of hydrogen-bond donors (Lipinski definition) is 2. The Morgan fingerprint density at radius 1 is 1.37 bits per heavy atom. The first-order chi connectivity index (χ1) is 8.99. The molecule has 0 fully saturated rings. The number of carbonyl (C=O) groups is 1. The lowest BCUT2D eigenvalue weighted by molar-refractivity contribution is -0.133. The molecule has 0 bridgehead atoms. The number of nitrogens with zero attached hydrogens (tertiary/aromatic N) is 5. The van der Waals surface area contributed by atoms with E-state index in [-0.39, 0.29) is 5.75 Å².